The van der Waals surface area contributed by atoms with Gasteiger partial charge in [-0.25, -0.2) is 0 Å². The highest BCUT2D eigenvalue weighted by molar-refractivity contribution is 9.10. The third-order valence-electron chi connectivity index (χ3n) is 1.48. The minimum Gasteiger partial charge on any atom is -0.345 e. The number of carbonyl (C=O) groups is 1. The molecule has 0 aromatic carbocycles. The Kier molecular flexibility index (Phi) is 4.69. The average Bonchev–Trinajstić information content (AvgIpc) is 2.00. The summed E-state index contributed by atoms with van der Waals surface area (Å²) in [7, 11) is 1.81. The van der Waals surface area contributed by atoms with Gasteiger partial charge in [-0.2, -0.15) is 0 Å². The summed E-state index contributed by atoms with van der Waals surface area (Å²) in [4.78, 5) is 12.9. The van der Waals surface area contributed by atoms with Crippen LogP contribution in [0.3, 0.4) is 0 Å². The second-order valence-corrected chi connectivity index (χ2v) is 3.33. The number of alkyl halides is 1. The van der Waals surface area contributed by atoms with E-state index in [0.717, 1.165) is 13.0 Å². The predicted molar refractivity (Wildman–Crippen MR) is 46.3 cm³/mol. The number of hydrogen-bond acceptors (Lipinski definition) is 1. The molecule has 10 heavy (non-hydrogen) atoms. The van der Waals surface area contributed by atoms with Crippen molar-refractivity contribution in [2.45, 2.75) is 25.1 Å². The van der Waals surface area contributed by atoms with E-state index in [1.165, 1.54) is 0 Å². The lowest BCUT2D eigenvalue weighted by Crippen LogP contribution is -2.32. The first kappa shape index (κ1) is 9.95. The Morgan fingerprint density at radius 3 is 2.40 bits per heavy atom. The molecule has 0 aromatic heterocycles. The summed E-state index contributed by atoms with van der Waals surface area (Å²) in [5.74, 6) is 0.171. The van der Waals surface area contributed by atoms with Crippen LogP contribution in [-0.4, -0.2) is 29.2 Å². The van der Waals surface area contributed by atoms with Gasteiger partial charge in [0.15, 0.2) is 0 Å². The van der Waals surface area contributed by atoms with E-state index in [1.807, 2.05) is 20.9 Å². The number of amides is 1. The lowest BCUT2D eigenvalue weighted by Gasteiger charge is -2.16. The van der Waals surface area contributed by atoms with Gasteiger partial charge >= 0.3 is 0 Å². The first-order valence-corrected chi connectivity index (χ1v) is 4.44. The van der Waals surface area contributed by atoms with E-state index in [0.29, 0.717) is 0 Å². The van der Waals surface area contributed by atoms with E-state index in [-0.39, 0.29) is 10.7 Å². The van der Waals surface area contributed by atoms with Crippen molar-refractivity contribution in [1.29, 1.82) is 0 Å². The highest BCUT2D eigenvalue weighted by Gasteiger charge is 2.14. The molecule has 3 heteroatoms. The van der Waals surface area contributed by atoms with Crippen molar-refractivity contribution in [3.8, 4) is 0 Å². The van der Waals surface area contributed by atoms with Crippen molar-refractivity contribution >= 4 is 21.8 Å². The SMILES string of the molecule is CCC(Br)C(=O)N(C)CC. The van der Waals surface area contributed by atoms with Crippen LogP contribution in [0.15, 0.2) is 0 Å². The van der Waals surface area contributed by atoms with E-state index >= 15 is 0 Å². The molecule has 0 rings (SSSR count). The monoisotopic (exact) mass is 207 g/mol. The van der Waals surface area contributed by atoms with E-state index < -0.39 is 0 Å². The molecule has 0 aliphatic heterocycles. The van der Waals surface area contributed by atoms with Crippen molar-refractivity contribution in [2.75, 3.05) is 13.6 Å². The molecule has 2 nitrogen and oxygen atoms in total. The summed E-state index contributed by atoms with van der Waals surface area (Å²) < 4.78 is 0. The Labute approximate surface area is 70.7 Å². The highest BCUT2D eigenvalue weighted by atomic mass is 79.9. The Bertz CT molecular complexity index is 104. The van der Waals surface area contributed by atoms with E-state index in [1.54, 1.807) is 4.90 Å². The Hall–Kier alpha value is -0.0500. The van der Waals surface area contributed by atoms with Crippen molar-refractivity contribution in [3.63, 3.8) is 0 Å². The van der Waals surface area contributed by atoms with Gasteiger partial charge in [0.25, 0.3) is 0 Å². The van der Waals surface area contributed by atoms with Crippen molar-refractivity contribution in [2.24, 2.45) is 0 Å². The van der Waals surface area contributed by atoms with Gasteiger partial charge in [0.2, 0.25) is 5.91 Å². The largest absolute Gasteiger partial charge is 0.345 e. The standard InChI is InChI=1S/C7H14BrNO/c1-4-6(8)7(10)9(3)5-2/h6H,4-5H2,1-3H3. The molecule has 0 spiro atoms. The van der Waals surface area contributed by atoms with Gasteiger partial charge in [-0.15, -0.1) is 0 Å². The summed E-state index contributed by atoms with van der Waals surface area (Å²) in [5.41, 5.74) is 0. The highest BCUT2D eigenvalue weighted by Crippen LogP contribution is 2.07. The zero-order valence-electron chi connectivity index (χ0n) is 6.72. The lowest BCUT2D eigenvalue weighted by molar-refractivity contribution is -0.129. The second kappa shape index (κ2) is 4.72. The summed E-state index contributed by atoms with van der Waals surface area (Å²) in [5, 5.41) is 0. The number of halogens is 1. The Morgan fingerprint density at radius 1 is 1.60 bits per heavy atom. The fraction of sp³-hybridized carbons (Fsp3) is 0.857. The number of rotatable bonds is 3. The van der Waals surface area contributed by atoms with E-state index in [4.69, 9.17) is 0 Å². The van der Waals surface area contributed by atoms with Crippen LogP contribution in [-0.2, 0) is 4.79 Å². The van der Waals surface area contributed by atoms with Crippen LogP contribution in [0, 0.1) is 0 Å². The molecular weight excluding hydrogens is 194 g/mol. The maximum atomic E-state index is 11.2. The van der Waals surface area contributed by atoms with Crippen molar-refractivity contribution in [3.05, 3.63) is 0 Å². The molecule has 0 fully saturated rings. The number of nitrogens with zero attached hydrogens (tertiary/aromatic N) is 1. The zero-order chi connectivity index (χ0) is 8.15. The van der Waals surface area contributed by atoms with Gasteiger partial charge in [0.05, 0.1) is 4.83 Å². The summed E-state index contributed by atoms with van der Waals surface area (Å²) in [6.45, 7) is 4.73. The summed E-state index contributed by atoms with van der Waals surface area (Å²) >= 11 is 3.29. The van der Waals surface area contributed by atoms with Crippen LogP contribution in [0.25, 0.3) is 0 Å². The summed E-state index contributed by atoms with van der Waals surface area (Å²) in [6, 6.07) is 0. The molecule has 1 unspecified atom stereocenters. The molecule has 0 saturated carbocycles. The minimum absolute atomic E-state index is 0.00236. The number of carbonyl (C=O) groups excluding carboxylic acids is 1. The van der Waals surface area contributed by atoms with Crippen molar-refractivity contribution < 1.29 is 4.79 Å². The molecule has 1 amide bonds. The fourth-order valence-corrected chi connectivity index (χ4v) is 0.919. The van der Waals surface area contributed by atoms with Crippen molar-refractivity contribution in [1.82, 2.24) is 4.90 Å². The maximum absolute atomic E-state index is 11.2. The third-order valence-corrected chi connectivity index (χ3v) is 2.52. The van der Waals surface area contributed by atoms with Gasteiger partial charge in [0, 0.05) is 13.6 Å². The molecule has 0 aliphatic carbocycles. The molecule has 0 saturated heterocycles. The van der Waals surface area contributed by atoms with Crippen LogP contribution in [0.5, 0.6) is 0 Å². The molecule has 0 radical (unpaired) electrons. The normalized spacial score (nSPS) is 12.8. The van der Waals surface area contributed by atoms with Crippen LogP contribution >= 0.6 is 15.9 Å². The van der Waals surface area contributed by atoms with Gasteiger partial charge in [-0.1, -0.05) is 22.9 Å². The Morgan fingerprint density at radius 2 is 2.10 bits per heavy atom. The van der Waals surface area contributed by atoms with Crippen LogP contribution in [0.1, 0.15) is 20.3 Å². The topological polar surface area (TPSA) is 20.3 Å². The number of hydrogen-bond donors (Lipinski definition) is 0. The molecule has 0 bridgehead atoms. The van der Waals surface area contributed by atoms with Crippen LogP contribution in [0.4, 0.5) is 0 Å². The minimum atomic E-state index is -0.00236. The van der Waals surface area contributed by atoms with E-state index in [2.05, 4.69) is 15.9 Å². The van der Waals surface area contributed by atoms with E-state index in [9.17, 15) is 4.79 Å². The molecule has 0 heterocycles. The summed E-state index contributed by atoms with van der Waals surface area (Å²) in [6.07, 6.45) is 0.850. The fourth-order valence-electron chi connectivity index (χ4n) is 0.570. The smallest absolute Gasteiger partial charge is 0.236 e. The molecule has 0 N–H and O–H groups in total. The zero-order valence-corrected chi connectivity index (χ0v) is 8.31. The quantitative estimate of drug-likeness (QED) is 0.645. The molecule has 1 atom stereocenters. The van der Waals surface area contributed by atoms with Gasteiger partial charge in [0.1, 0.15) is 0 Å². The molecule has 0 aliphatic rings. The first-order chi connectivity index (χ1) is 4.63. The lowest BCUT2D eigenvalue weighted by atomic mass is 10.3. The van der Waals surface area contributed by atoms with Crippen LogP contribution in [0.2, 0.25) is 0 Å². The van der Waals surface area contributed by atoms with Gasteiger partial charge in [-0.3, -0.25) is 4.79 Å². The first-order valence-electron chi connectivity index (χ1n) is 3.52. The van der Waals surface area contributed by atoms with Gasteiger partial charge < -0.3 is 4.90 Å². The molecule has 60 valence electrons. The molecule has 0 aromatic rings. The van der Waals surface area contributed by atoms with Gasteiger partial charge in [-0.05, 0) is 13.3 Å². The predicted octanol–water partition coefficient (Wildman–Crippen LogP) is 1.64. The average molecular weight is 208 g/mol. The maximum Gasteiger partial charge on any atom is 0.236 e. The Balaban J connectivity index is 3.82. The third kappa shape index (κ3) is 2.69. The second-order valence-electron chi connectivity index (χ2n) is 2.23. The van der Waals surface area contributed by atoms with Crippen LogP contribution < -0.4 is 0 Å². The molecular formula is C7H14BrNO.